The van der Waals surface area contributed by atoms with Gasteiger partial charge in [0.15, 0.2) is 0 Å². The minimum atomic E-state index is 0.193. The summed E-state index contributed by atoms with van der Waals surface area (Å²) in [5, 5.41) is 4.07. The minimum absolute atomic E-state index is 0.193. The van der Waals surface area contributed by atoms with Gasteiger partial charge < -0.3 is 10.1 Å². The largest absolute Gasteiger partial charge is 0.496 e. The van der Waals surface area contributed by atoms with E-state index in [4.69, 9.17) is 16.3 Å². The number of methoxy groups -OCH3 is 1. The molecule has 2 nitrogen and oxygen atoms in total. The Kier molecular flexibility index (Phi) is 5.27. The molecule has 0 saturated heterocycles. The molecule has 112 valence electrons. The van der Waals surface area contributed by atoms with E-state index in [1.165, 1.54) is 16.7 Å². The lowest BCUT2D eigenvalue weighted by Crippen LogP contribution is -2.19. The molecule has 2 aromatic carbocycles. The Balaban J connectivity index is 2.31. The monoisotopic (exact) mass is 303 g/mol. The summed E-state index contributed by atoms with van der Waals surface area (Å²) in [6, 6.07) is 12.7. The van der Waals surface area contributed by atoms with Crippen molar-refractivity contribution in [3.8, 4) is 5.75 Å². The summed E-state index contributed by atoms with van der Waals surface area (Å²) in [7, 11) is 3.65. The Hall–Kier alpha value is -1.51. The van der Waals surface area contributed by atoms with Crippen LogP contribution in [-0.4, -0.2) is 14.2 Å². The van der Waals surface area contributed by atoms with Gasteiger partial charge >= 0.3 is 0 Å². The molecule has 2 aromatic rings. The lowest BCUT2D eigenvalue weighted by molar-refractivity contribution is 0.401. The summed E-state index contributed by atoms with van der Waals surface area (Å²) in [6.07, 6.45) is 0.914. The maximum absolute atomic E-state index is 6.04. The van der Waals surface area contributed by atoms with E-state index in [1.54, 1.807) is 7.11 Å². The zero-order valence-electron chi connectivity index (χ0n) is 13.0. The lowest BCUT2D eigenvalue weighted by atomic mass is 9.96. The van der Waals surface area contributed by atoms with Gasteiger partial charge in [0, 0.05) is 16.6 Å². The van der Waals surface area contributed by atoms with Gasteiger partial charge in [0.05, 0.1) is 7.11 Å². The second-order valence-corrected chi connectivity index (χ2v) is 5.86. The standard InChI is InChI=1S/C18H22ClNO/c1-12-7-13(2)9-14(8-12)10-17(20-3)16-6-5-15(19)11-18(16)21-4/h5-9,11,17,20H,10H2,1-4H3. The third-order valence-corrected chi connectivity index (χ3v) is 3.88. The van der Waals surface area contributed by atoms with Gasteiger partial charge in [-0.3, -0.25) is 0 Å². The third-order valence-electron chi connectivity index (χ3n) is 3.64. The van der Waals surface area contributed by atoms with Crippen LogP contribution in [0.3, 0.4) is 0 Å². The zero-order valence-corrected chi connectivity index (χ0v) is 13.8. The normalized spacial score (nSPS) is 12.2. The molecule has 0 bridgehead atoms. The average Bonchev–Trinajstić information content (AvgIpc) is 2.44. The van der Waals surface area contributed by atoms with E-state index in [0.717, 1.165) is 17.7 Å². The molecule has 0 aliphatic carbocycles. The fraction of sp³-hybridized carbons (Fsp3) is 0.333. The first kappa shape index (κ1) is 15.9. The Morgan fingerprint density at radius 1 is 1.10 bits per heavy atom. The van der Waals surface area contributed by atoms with Crippen molar-refractivity contribution < 1.29 is 4.74 Å². The Morgan fingerprint density at radius 2 is 1.76 bits per heavy atom. The number of likely N-dealkylation sites (N-methyl/N-ethyl adjacent to an activating group) is 1. The van der Waals surface area contributed by atoms with Crippen molar-refractivity contribution in [3.63, 3.8) is 0 Å². The summed E-state index contributed by atoms with van der Waals surface area (Å²) < 4.78 is 5.47. The number of ether oxygens (including phenoxy) is 1. The van der Waals surface area contributed by atoms with Crippen molar-refractivity contribution in [2.24, 2.45) is 0 Å². The van der Waals surface area contributed by atoms with Crippen LogP contribution in [0.1, 0.15) is 28.3 Å². The third kappa shape index (κ3) is 3.99. The van der Waals surface area contributed by atoms with Crippen LogP contribution < -0.4 is 10.1 Å². The molecule has 0 saturated carbocycles. The van der Waals surface area contributed by atoms with E-state index < -0.39 is 0 Å². The first-order valence-electron chi connectivity index (χ1n) is 7.11. The highest BCUT2D eigenvalue weighted by molar-refractivity contribution is 6.30. The SMILES string of the molecule is CNC(Cc1cc(C)cc(C)c1)c1ccc(Cl)cc1OC. The summed E-state index contributed by atoms with van der Waals surface area (Å²) in [4.78, 5) is 0. The van der Waals surface area contributed by atoms with E-state index in [1.807, 2.05) is 25.2 Å². The van der Waals surface area contributed by atoms with Gasteiger partial charge in [0.25, 0.3) is 0 Å². The first-order valence-corrected chi connectivity index (χ1v) is 7.49. The van der Waals surface area contributed by atoms with Crippen molar-refractivity contribution in [1.82, 2.24) is 5.32 Å². The zero-order chi connectivity index (χ0) is 15.4. The summed E-state index contributed by atoms with van der Waals surface area (Å²) in [5.74, 6) is 0.825. The van der Waals surface area contributed by atoms with Crippen molar-refractivity contribution in [2.75, 3.05) is 14.2 Å². The fourth-order valence-electron chi connectivity index (χ4n) is 2.76. The average molecular weight is 304 g/mol. The fourth-order valence-corrected chi connectivity index (χ4v) is 2.93. The van der Waals surface area contributed by atoms with E-state index in [-0.39, 0.29) is 6.04 Å². The van der Waals surface area contributed by atoms with E-state index in [2.05, 4.69) is 37.4 Å². The predicted octanol–water partition coefficient (Wildman–Crippen LogP) is 4.47. The molecule has 21 heavy (non-hydrogen) atoms. The van der Waals surface area contributed by atoms with Gasteiger partial charge in [-0.15, -0.1) is 0 Å². The molecule has 1 N–H and O–H groups in total. The second-order valence-electron chi connectivity index (χ2n) is 5.43. The summed E-state index contributed by atoms with van der Waals surface area (Å²) in [6.45, 7) is 4.27. The number of hydrogen-bond acceptors (Lipinski definition) is 2. The maximum Gasteiger partial charge on any atom is 0.125 e. The smallest absolute Gasteiger partial charge is 0.125 e. The topological polar surface area (TPSA) is 21.3 Å². The van der Waals surface area contributed by atoms with E-state index in [0.29, 0.717) is 5.02 Å². The molecule has 0 aliphatic rings. The van der Waals surface area contributed by atoms with E-state index in [9.17, 15) is 0 Å². The van der Waals surface area contributed by atoms with Crippen LogP contribution in [0.25, 0.3) is 0 Å². The molecule has 0 fully saturated rings. The Labute approximate surface area is 132 Å². The van der Waals surface area contributed by atoms with Gasteiger partial charge in [0.2, 0.25) is 0 Å². The Bertz CT molecular complexity index is 604. The molecule has 2 rings (SSSR count). The second kappa shape index (κ2) is 6.97. The molecule has 0 amide bonds. The Morgan fingerprint density at radius 3 is 2.33 bits per heavy atom. The molecule has 0 heterocycles. The number of aryl methyl sites for hydroxylation is 2. The van der Waals surface area contributed by atoms with E-state index >= 15 is 0 Å². The predicted molar refractivity (Wildman–Crippen MR) is 89.4 cm³/mol. The van der Waals surface area contributed by atoms with Crippen LogP contribution in [0.2, 0.25) is 5.02 Å². The van der Waals surface area contributed by atoms with Crippen LogP contribution >= 0.6 is 11.6 Å². The molecular formula is C18H22ClNO. The van der Waals surface area contributed by atoms with Crippen LogP contribution in [0.15, 0.2) is 36.4 Å². The van der Waals surface area contributed by atoms with Crippen LogP contribution in [0.5, 0.6) is 5.75 Å². The van der Waals surface area contributed by atoms with Crippen molar-refractivity contribution >= 4 is 11.6 Å². The minimum Gasteiger partial charge on any atom is -0.496 e. The number of rotatable bonds is 5. The van der Waals surface area contributed by atoms with Gasteiger partial charge in [-0.25, -0.2) is 0 Å². The lowest BCUT2D eigenvalue weighted by Gasteiger charge is -2.20. The van der Waals surface area contributed by atoms with Gasteiger partial charge in [-0.2, -0.15) is 0 Å². The highest BCUT2D eigenvalue weighted by atomic mass is 35.5. The molecule has 0 spiro atoms. The molecule has 1 atom stereocenters. The van der Waals surface area contributed by atoms with Crippen LogP contribution in [-0.2, 0) is 6.42 Å². The summed E-state index contributed by atoms with van der Waals surface area (Å²) in [5.41, 5.74) is 5.04. The first-order chi connectivity index (χ1) is 10.0. The highest BCUT2D eigenvalue weighted by Gasteiger charge is 2.15. The molecule has 0 aliphatic heterocycles. The van der Waals surface area contributed by atoms with Gasteiger partial charge in [-0.05, 0) is 45.0 Å². The molecule has 1 unspecified atom stereocenters. The van der Waals surface area contributed by atoms with Crippen molar-refractivity contribution in [3.05, 3.63) is 63.7 Å². The highest BCUT2D eigenvalue weighted by Crippen LogP contribution is 2.30. The summed E-state index contributed by atoms with van der Waals surface area (Å²) >= 11 is 6.04. The van der Waals surface area contributed by atoms with Crippen LogP contribution in [0, 0.1) is 13.8 Å². The van der Waals surface area contributed by atoms with Crippen molar-refractivity contribution in [2.45, 2.75) is 26.3 Å². The molecule has 3 heteroatoms. The molecule has 0 radical (unpaired) electrons. The maximum atomic E-state index is 6.04. The van der Waals surface area contributed by atoms with Crippen LogP contribution in [0.4, 0.5) is 0 Å². The molecular weight excluding hydrogens is 282 g/mol. The molecule has 0 aromatic heterocycles. The van der Waals surface area contributed by atoms with Gasteiger partial charge in [0.1, 0.15) is 5.75 Å². The number of benzene rings is 2. The number of halogens is 1. The number of nitrogens with one attached hydrogen (secondary N) is 1. The quantitative estimate of drug-likeness (QED) is 0.880. The van der Waals surface area contributed by atoms with Crippen molar-refractivity contribution in [1.29, 1.82) is 0 Å². The number of hydrogen-bond donors (Lipinski definition) is 1. The van der Waals surface area contributed by atoms with Gasteiger partial charge in [-0.1, -0.05) is 47.0 Å².